The summed E-state index contributed by atoms with van der Waals surface area (Å²) >= 11 is 0. The van der Waals surface area contributed by atoms with Crippen molar-refractivity contribution in [3.63, 3.8) is 0 Å². The van der Waals surface area contributed by atoms with Crippen molar-refractivity contribution in [1.82, 2.24) is 9.88 Å². The molecular formula is C22H22N2O. The molecule has 0 radical (unpaired) electrons. The Kier molecular flexibility index (Phi) is 4.14. The summed E-state index contributed by atoms with van der Waals surface area (Å²) in [5.74, 6) is 0.207. The van der Waals surface area contributed by atoms with Gasteiger partial charge in [0.25, 0.3) is 0 Å². The van der Waals surface area contributed by atoms with Crippen molar-refractivity contribution >= 4 is 22.4 Å². The zero-order chi connectivity index (χ0) is 17.2. The molecule has 0 bridgehead atoms. The summed E-state index contributed by atoms with van der Waals surface area (Å²) in [6.07, 6.45) is 5.67. The van der Waals surface area contributed by atoms with Crippen LogP contribution < -0.4 is 0 Å². The van der Waals surface area contributed by atoms with Gasteiger partial charge in [-0.05, 0) is 30.5 Å². The zero-order valence-corrected chi connectivity index (χ0v) is 14.5. The fraction of sp³-hybridized carbons (Fsp3) is 0.227. The number of carbonyl (C=O) groups excluding carboxylic acids is 1. The van der Waals surface area contributed by atoms with E-state index in [-0.39, 0.29) is 5.91 Å². The van der Waals surface area contributed by atoms with Crippen molar-refractivity contribution < 1.29 is 4.79 Å². The number of hydrogen-bond acceptors (Lipinski definition) is 1. The molecule has 0 aliphatic carbocycles. The van der Waals surface area contributed by atoms with E-state index in [4.69, 9.17) is 0 Å². The second-order valence-corrected chi connectivity index (χ2v) is 6.73. The molecule has 4 rings (SSSR count). The number of rotatable bonds is 3. The van der Waals surface area contributed by atoms with Crippen LogP contribution in [0, 0.1) is 6.92 Å². The maximum Gasteiger partial charge on any atom is 0.227 e. The number of aromatic amines is 1. The SMILES string of the molecule is Cc1ccc(CC(=O)N2CC=C(c3c[nH]c4ccccc34)CC2)cc1. The number of aromatic nitrogens is 1. The summed E-state index contributed by atoms with van der Waals surface area (Å²) < 4.78 is 0. The minimum absolute atomic E-state index is 0.207. The molecule has 1 amide bonds. The highest BCUT2D eigenvalue weighted by atomic mass is 16.2. The van der Waals surface area contributed by atoms with Gasteiger partial charge in [0.15, 0.2) is 0 Å². The Bertz CT molecular complexity index is 934. The van der Waals surface area contributed by atoms with Crippen molar-refractivity contribution in [3.8, 4) is 0 Å². The lowest BCUT2D eigenvalue weighted by Crippen LogP contribution is -2.35. The van der Waals surface area contributed by atoms with Gasteiger partial charge in [-0.3, -0.25) is 4.79 Å². The van der Waals surface area contributed by atoms with Gasteiger partial charge in [0.05, 0.1) is 6.42 Å². The van der Waals surface area contributed by atoms with E-state index in [1.807, 2.05) is 23.1 Å². The van der Waals surface area contributed by atoms with E-state index < -0.39 is 0 Å². The molecule has 126 valence electrons. The molecule has 3 aromatic rings. The van der Waals surface area contributed by atoms with Gasteiger partial charge in [0, 0.05) is 35.8 Å². The quantitative estimate of drug-likeness (QED) is 0.762. The van der Waals surface area contributed by atoms with Gasteiger partial charge in [-0.1, -0.05) is 54.1 Å². The lowest BCUT2D eigenvalue weighted by Gasteiger charge is -2.26. The molecule has 1 aromatic heterocycles. The van der Waals surface area contributed by atoms with Gasteiger partial charge >= 0.3 is 0 Å². The Hall–Kier alpha value is -2.81. The number of benzene rings is 2. The number of H-pyrrole nitrogens is 1. The first kappa shape index (κ1) is 15.7. The Morgan fingerprint density at radius 2 is 1.92 bits per heavy atom. The summed E-state index contributed by atoms with van der Waals surface area (Å²) in [6.45, 7) is 3.54. The van der Waals surface area contributed by atoms with Crippen molar-refractivity contribution in [3.05, 3.63) is 77.5 Å². The third-order valence-electron chi connectivity index (χ3n) is 4.97. The predicted octanol–water partition coefficient (Wildman–Crippen LogP) is 4.33. The molecule has 0 atom stereocenters. The Balaban J connectivity index is 1.46. The third-order valence-corrected chi connectivity index (χ3v) is 4.97. The molecule has 2 aromatic carbocycles. The summed E-state index contributed by atoms with van der Waals surface area (Å²) in [5, 5.41) is 1.26. The van der Waals surface area contributed by atoms with Crippen LogP contribution in [-0.4, -0.2) is 28.9 Å². The van der Waals surface area contributed by atoms with E-state index in [0.717, 1.165) is 24.0 Å². The van der Waals surface area contributed by atoms with Gasteiger partial charge in [-0.25, -0.2) is 0 Å². The van der Waals surface area contributed by atoms with E-state index in [2.05, 4.69) is 54.5 Å². The standard InChI is InChI=1S/C22H22N2O/c1-16-6-8-17(9-7-16)14-22(25)24-12-10-18(11-13-24)20-15-23-21-5-3-2-4-19(20)21/h2-10,15,23H,11-14H2,1H3. The number of carbonyl (C=O) groups is 1. The molecule has 0 spiro atoms. The van der Waals surface area contributed by atoms with E-state index in [1.54, 1.807) is 0 Å². The minimum Gasteiger partial charge on any atom is -0.361 e. The number of amides is 1. The van der Waals surface area contributed by atoms with Crippen molar-refractivity contribution in [2.24, 2.45) is 0 Å². The van der Waals surface area contributed by atoms with Crippen LogP contribution in [0.4, 0.5) is 0 Å². The maximum absolute atomic E-state index is 12.5. The molecule has 0 saturated heterocycles. The molecule has 3 heteroatoms. The van der Waals surface area contributed by atoms with Crippen molar-refractivity contribution in [2.45, 2.75) is 19.8 Å². The zero-order valence-electron chi connectivity index (χ0n) is 14.5. The van der Waals surface area contributed by atoms with Crippen molar-refractivity contribution in [2.75, 3.05) is 13.1 Å². The van der Waals surface area contributed by atoms with Gasteiger partial charge in [0.1, 0.15) is 0 Å². The number of aryl methyl sites for hydroxylation is 1. The highest BCUT2D eigenvalue weighted by Crippen LogP contribution is 2.29. The monoisotopic (exact) mass is 330 g/mol. The molecule has 3 nitrogen and oxygen atoms in total. The second kappa shape index (κ2) is 6.60. The smallest absolute Gasteiger partial charge is 0.227 e. The Morgan fingerprint density at radius 1 is 1.12 bits per heavy atom. The number of para-hydroxylation sites is 1. The molecular weight excluding hydrogens is 308 g/mol. The summed E-state index contributed by atoms with van der Waals surface area (Å²) in [5.41, 5.74) is 6.07. The summed E-state index contributed by atoms with van der Waals surface area (Å²) in [6, 6.07) is 16.6. The third kappa shape index (κ3) is 3.22. The van der Waals surface area contributed by atoms with Gasteiger partial charge in [-0.2, -0.15) is 0 Å². The highest BCUT2D eigenvalue weighted by Gasteiger charge is 2.19. The molecule has 1 N–H and O–H groups in total. The average Bonchev–Trinajstić information content (AvgIpc) is 3.08. The fourth-order valence-electron chi connectivity index (χ4n) is 3.47. The number of hydrogen-bond donors (Lipinski definition) is 1. The van der Waals surface area contributed by atoms with E-state index in [0.29, 0.717) is 13.0 Å². The predicted molar refractivity (Wildman–Crippen MR) is 102 cm³/mol. The van der Waals surface area contributed by atoms with E-state index in [1.165, 1.54) is 22.1 Å². The Labute approximate surface area is 148 Å². The molecule has 1 aliphatic heterocycles. The fourth-order valence-corrected chi connectivity index (χ4v) is 3.47. The maximum atomic E-state index is 12.5. The van der Waals surface area contributed by atoms with Crippen LogP contribution >= 0.6 is 0 Å². The van der Waals surface area contributed by atoms with Crippen LogP contribution in [0.15, 0.2) is 60.8 Å². The van der Waals surface area contributed by atoms with E-state index in [9.17, 15) is 4.79 Å². The highest BCUT2D eigenvalue weighted by molar-refractivity contribution is 5.93. The lowest BCUT2D eigenvalue weighted by molar-refractivity contribution is -0.130. The van der Waals surface area contributed by atoms with E-state index >= 15 is 0 Å². The first-order chi connectivity index (χ1) is 12.2. The molecule has 1 aliphatic rings. The number of nitrogens with zero attached hydrogens (tertiary/aromatic N) is 1. The van der Waals surface area contributed by atoms with Crippen LogP contribution in [0.3, 0.4) is 0 Å². The summed E-state index contributed by atoms with van der Waals surface area (Å²) in [7, 11) is 0. The van der Waals surface area contributed by atoms with Gasteiger partial charge in [-0.15, -0.1) is 0 Å². The molecule has 0 unspecified atom stereocenters. The lowest BCUT2D eigenvalue weighted by atomic mass is 9.98. The molecule has 2 heterocycles. The Morgan fingerprint density at radius 3 is 2.68 bits per heavy atom. The first-order valence-electron chi connectivity index (χ1n) is 8.79. The number of fused-ring (bicyclic) bond motifs is 1. The second-order valence-electron chi connectivity index (χ2n) is 6.73. The van der Waals surface area contributed by atoms with Crippen LogP contribution in [0.25, 0.3) is 16.5 Å². The molecule has 25 heavy (non-hydrogen) atoms. The van der Waals surface area contributed by atoms with Crippen LogP contribution in [-0.2, 0) is 11.2 Å². The topological polar surface area (TPSA) is 36.1 Å². The van der Waals surface area contributed by atoms with Crippen LogP contribution in [0.2, 0.25) is 0 Å². The van der Waals surface area contributed by atoms with Crippen LogP contribution in [0.5, 0.6) is 0 Å². The van der Waals surface area contributed by atoms with Gasteiger partial charge < -0.3 is 9.88 Å². The number of nitrogens with one attached hydrogen (secondary N) is 1. The normalized spacial score (nSPS) is 14.6. The average molecular weight is 330 g/mol. The first-order valence-corrected chi connectivity index (χ1v) is 8.79. The van der Waals surface area contributed by atoms with Gasteiger partial charge in [0.2, 0.25) is 5.91 Å². The minimum atomic E-state index is 0.207. The summed E-state index contributed by atoms with van der Waals surface area (Å²) in [4.78, 5) is 17.8. The molecule has 0 fully saturated rings. The molecule has 0 saturated carbocycles. The van der Waals surface area contributed by atoms with Crippen molar-refractivity contribution in [1.29, 1.82) is 0 Å². The largest absolute Gasteiger partial charge is 0.361 e. The van der Waals surface area contributed by atoms with Crippen LogP contribution in [0.1, 0.15) is 23.1 Å².